The molecule has 0 aliphatic carbocycles. The van der Waals surface area contributed by atoms with Gasteiger partial charge in [-0.3, -0.25) is 9.36 Å². The van der Waals surface area contributed by atoms with E-state index in [1.54, 1.807) is 6.92 Å². The topological polar surface area (TPSA) is 111 Å². The molecule has 1 heterocycles. The van der Waals surface area contributed by atoms with Gasteiger partial charge in [-0.15, -0.1) is 0 Å². The van der Waals surface area contributed by atoms with Crippen LogP contribution in [0.4, 0.5) is 0 Å². The molecule has 0 saturated carbocycles. The first kappa shape index (κ1) is 15.6. The van der Waals surface area contributed by atoms with E-state index in [9.17, 15) is 19.8 Å². The van der Waals surface area contributed by atoms with Gasteiger partial charge in [0, 0.05) is 12.6 Å². The predicted octanol–water partition coefficient (Wildman–Crippen LogP) is 0.688. The van der Waals surface area contributed by atoms with Crippen LogP contribution in [0.2, 0.25) is 0 Å². The first-order valence-corrected chi connectivity index (χ1v) is 6.47. The van der Waals surface area contributed by atoms with Crippen molar-refractivity contribution in [2.24, 2.45) is 0 Å². The number of phenols is 2. The van der Waals surface area contributed by atoms with Crippen molar-refractivity contribution in [1.29, 1.82) is 0 Å². The largest absolute Gasteiger partial charge is 0.504 e. The van der Waals surface area contributed by atoms with Crippen LogP contribution < -0.4 is 10.4 Å². The number of carbonyl (C=O) groups excluding carboxylic acids is 1. The molecule has 0 radical (unpaired) electrons. The average molecular weight is 308 g/mol. The lowest BCUT2D eigenvalue weighted by Gasteiger charge is -2.14. The molecule has 0 fully saturated rings. The van der Waals surface area contributed by atoms with Gasteiger partial charge in [0.15, 0.2) is 11.5 Å². The zero-order valence-corrected chi connectivity index (χ0v) is 12.4. The highest BCUT2D eigenvalue weighted by atomic mass is 16.5. The number of rotatable bonds is 4. The second kappa shape index (κ2) is 5.92. The molecule has 0 aliphatic rings. The molecule has 2 N–H and O–H groups in total. The fraction of sp³-hybridized carbons (Fsp3) is 0.357. The van der Waals surface area contributed by atoms with Crippen molar-refractivity contribution in [2.75, 3.05) is 14.2 Å². The molecule has 0 unspecified atom stereocenters. The van der Waals surface area contributed by atoms with Gasteiger partial charge in [0.1, 0.15) is 0 Å². The molecule has 8 nitrogen and oxygen atoms in total. The van der Waals surface area contributed by atoms with Crippen LogP contribution in [-0.2, 0) is 16.1 Å². The summed E-state index contributed by atoms with van der Waals surface area (Å²) in [4.78, 5) is 27.1. The van der Waals surface area contributed by atoms with Crippen molar-refractivity contribution < 1.29 is 24.5 Å². The van der Waals surface area contributed by atoms with Gasteiger partial charge < -0.3 is 19.7 Å². The summed E-state index contributed by atoms with van der Waals surface area (Å²) in [5.41, 5.74) is 0.0133. The number of esters is 1. The van der Waals surface area contributed by atoms with Crippen molar-refractivity contribution in [2.45, 2.75) is 19.9 Å². The van der Waals surface area contributed by atoms with E-state index in [0.717, 1.165) is 0 Å². The Hall–Kier alpha value is -2.77. The summed E-state index contributed by atoms with van der Waals surface area (Å²) in [6.07, 6.45) is -0.0276. The number of fused-ring (bicyclic) bond motifs is 1. The SMILES string of the molecule is COC(=O)CCn1c(=O)nc(C)c2c(O)c(O)c(OC)cc21. The normalized spacial score (nSPS) is 10.7. The average Bonchev–Trinajstić information content (AvgIpc) is 2.49. The number of carbonyl (C=O) groups is 1. The van der Waals surface area contributed by atoms with Crippen molar-refractivity contribution in [3.8, 4) is 17.2 Å². The number of methoxy groups -OCH3 is 2. The minimum Gasteiger partial charge on any atom is -0.504 e. The molecule has 8 heteroatoms. The van der Waals surface area contributed by atoms with Gasteiger partial charge in [-0.1, -0.05) is 0 Å². The number of hydrogen-bond acceptors (Lipinski definition) is 7. The number of ether oxygens (including phenoxy) is 2. The molecule has 2 rings (SSSR count). The first-order chi connectivity index (χ1) is 10.4. The maximum atomic E-state index is 12.1. The second-order valence-corrected chi connectivity index (χ2v) is 4.63. The molecular formula is C14H16N2O6. The summed E-state index contributed by atoms with van der Waals surface area (Å²) in [6, 6.07) is 1.41. The molecule has 0 spiro atoms. The summed E-state index contributed by atoms with van der Waals surface area (Å²) < 4.78 is 10.7. The highest BCUT2D eigenvalue weighted by Gasteiger charge is 2.19. The molecule has 118 valence electrons. The first-order valence-electron chi connectivity index (χ1n) is 6.47. The Balaban J connectivity index is 2.72. The van der Waals surface area contributed by atoms with E-state index in [0.29, 0.717) is 5.52 Å². The fourth-order valence-electron chi connectivity index (χ4n) is 2.23. The summed E-state index contributed by atoms with van der Waals surface area (Å²) in [5, 5.41) is 20.2. The van der Waals surface area contributed by atoms with E-state index in [1.165, 1.54) is 24.9 Å². The van der Waals surface area contributed by atoms with Gasteiger partial charge in [0.25, 0.3) is 0 Å². The van der Waals surface area contributed by atoms with Crippen molar-refractivity contribution >= 4 is 16.9 Å². The molecule has 1 aromatic carbocycles. The van der Waals surface area contributed by atoms with Crippen LogP contribution in [0.1, 0.15) is 12.1 Å². The maximum absolute atomic E-state index is 12.1. The smallest absolute Gasteiger partial charge is 0.348 e. The van der Waals surface area contributed by atoms with E-state index >= 15 is 0 Å². The molecule has 0 bridgehead atoms. The lowest BCUT2D eigenvalue weighted by Crippen LogP contribution is -2.25. The van der Waals surface area contributed by atoms with Crippen LogP contribution in [0.5, 0.6) is 17.2 Å². The maximum Gasteiger partial charge on any atom is 0.348 e. The minimum absolute atomic E-state index is 0.0156. The highest BCUT2D eigenvalue weighted by Crippen LogP contribution is 2.42. The summed E-state index contributed by atoms with van der Waals surface area (Å²) >= 11 is 0. The van der Waals surface area contributed by atoms with Crippen LogP contribution in [0.25, 0.3) is 10.9 Å². The number of benzene rings is 1. The Morgan fingerprint density at radius 3 is 2.59 bits per heavy atom. The van der Waals surface area contributed by atoms with Crippen molar-refractivity contribution in [3.63, 3.8) is 0 Å². The molecule has 0 aliphatic heterocycles. The molecule has 0 atom stereocenters. The zero-order chi connectivity index (χ0) is 16.4. The van der Waals surface area contributed by atoms with E-state index in [-0.39, 0.29) is 29.8 Å². The quantitative estimate of drug-likeness (QED) is 0.631. The minimum atomic E-state index is -0.568. The zero-order valence-electron chi connectivity index (χ0n) is 12.4. The van der Waals surface area contributed by atoms with E-state index < -0.39 is 23.2 Å². The monoisotopic (exact) mass is 308 g/mol. The van der Waals surface area contributed by atoms with Crippen LogP contribution in [0.15, 0.2) is 10.9 Å². The Morgan fingerprint density at radius 2 is 2.00 bits per heavy atom. The van der Waals surface area contributed by atoms with E-state index in [4.69, 9.17) is 4.74 Å². The van der Waals surface area contributed by atoms with Gasteiger partial charge in [-0.05, 0) is 6.92 Å². The van der Waals surface area contributed by atoms with Crippen molar-refractivity contribution in [3.05, 3.63) is 22.2 Å². The third-order valence-corrected chi connectivity index (χ3v) is 3.35. The molecular weight excluding hydrogens is 292 g/mol. The number of aromatic hydroxyl groups is 2. The van der Waals surface area contributed by atoms with Crippen LogP contribution in [0, 0.1) is 6.92 Å². The molecule has 1 aromatic heterocycles. The number of nitrogens with zero attached hydrogens (tertiary/aromatic N) is 2. The van der Waals surface area contributed by atoms with Crippen molar-refractivity contribution in [1.82, 2.24) is 9.55 Å². The van der Waals surface area contributed by atoms with Gasteiger partial charge >= 0.3 is 11.7 Å². The molecule has 22 heavy (non-hydrogen) atoms. The van der Waals surface area contributed by atoms with Crippen LogP contribution in [-0.4, -0.2) is 40.0 Å². The molecule has 2 aromatic rings. The van der Waals surface area contributed by atoms with Gasteiger partial charge in [0.2, 0.25) is 5.75 Å². The van der Waals surface area contributed by atoms with Crippen LogP contribution >= 0.6 is 0 Å². The summed E-state index contributed by atoms with van der Waals surface area (Å²) in [6.45, 7) is 1.57. The number of phenolic OH excluding ortho intramolecular Hbond substituents is 2. The molecule has 0 amide bonds. The lowest BCUT2D eigenvalue weighted by molar-refractivity contribution is -0.140. The summed E-state index contributed by atoms with van der Waals surface area (Å²) in [7, 11) is 2.58. The Morgan fingerprint density at radius 1 is 1.32 bits per heavy atom. The Labute approximate surface area is 125 Å². The number of aromatic nitrogens is 2. The number of hydrogen-bond donors (Lipinski definition) is 2. The second-order valence-electron chi connectivity index (χ2n) is 4.63. The third-order valence-electron chi connectivity index (χ3n) is 3.35. The van der Waals surface area contributed by atoms with Crippen LogP contribution in [0.3, 0.4) is 0 Å². The van der Waals surface area contributed by atoms with E-state index in [2.05, 4.69) is 9.72 Å². The lowest BCUT2D eigenvalue weighted by atomic mass is 10.1. The third kappa shape index (κ3) is 2.54. The van der Waals surface area contributed by atoms with E-state index in [1.807, 2.05) is 0 Å². The van der Waals surface area contributed by atoms with Gasteiger partial charge in [-0.2, -0.15) is 4.98 Å². The standard InChI is InChI=1S/C14H16N2O6/c1-7-11-8(6-9(21-2)12(18)13(11)19)16(14(20)15-7)5-4-10(17)22-3/h6,18-19H,4-5H2,1-3H3. The van der Waals surface area contributed by atoms with Gasteiger partial charge in [0.05, 0.1) is 37.2 Å². The Bertz CT molecular complexity index is 796. The number of aryl methyl sites for hydroxylation is 2. The molecule has 0 saturated heterocycles. The fourth-order valence-corrected chi connectivity index (χ4v) is 2.23. The highest BCUT2D eigenvalue weighted by molar-refractivity contribution is 5.92. The summed E-state index contributed by atoms with van der Waals surface area (Å²) in [5.74, 6) is -1.32. The predicted molar refractivity (Wildman–Crippen MR) is 77.3 cm³/mol. The Kier molecular flexibility index (Phi) is 4.20. The van der Waals surface area contributed by atoms with Gasteiger partial charge in [-0.25, -0.2) is 4.79 Å².